The molecular formula is C27H38N4O. The number of amides is 1. The van der Waals surface area contributed by atoms with Gasteiger partial charge in [-0.2, -0.15) is 0 Å². The lowest BCUT2D eigenvalue weighted by Gasteiger charge is -2.39. The minimum Gasteiger partial charge on any atom is -0.342 e. The average Bonchev–Trinajstić information content (AvgIpc) is 2.79. The number of hydrogen-bond donors (Lipinski definition) is 0. The minimum absolute atomic E-state index is 0.349. The second-order valence-corrected chi connectivity index (χ2v) is 10.1. The van der Waals surface area contributed by atoms with Gasteiger partial charge in [-0.1, -0.05) is 25.1 Å². The van der Waals surface area contributed by atoms with Crippen molar-refractivity contribution < 1.29 is 4.79 Å². The summed E-state index contributed by atoms with van der Waals surface area (Å²) in [7, 11) is 1.79. The topological polar surface area (TPSA) is 48.8 Å². The molecule has 0 N–H and O–H groups in total. The second-order valence-electron chi connectivity index (χ2n) is 10.1. The normalized spacial score (nSPS) is 23.5. The SMILES string of the molecule is C/N=C\c1ccc([C@H]2C[C@@H](C)CN(C(=O)CC3CCN(C(C)C)CC3)C2)c2cccnc12. The lowest BCUT2D eigenvalue weighted by Crippen LogP contribution is -2.44. The van der Waals surface area contributed by atoms with Crippen molar-refractivity contribution in [3.63, 3.8) is 0 Å². The number of rotatable bonds is 5. The summed E-state index contributed by atoms with van der Waals surface area (Å²) in [4.78, 5) is 26.8. The van der Waals surface area contributed by atoms with Crippen LogP contribution >= 0.6 is 0 Å². The number of fused-ring (bicyclic) bond motifs is 1. The Morgan fingerprint density at radius 1 is 1.22 bits per heavy atom. The molecule has 2 aromatic rings. The molecule has 3 heterocycles. The number of hydrogen-bond acceptors (Lipinski definition) is 4. The number of piperidine rings is 2. The van der Waals surface area contributed by atoms with Crippen LogP contribution in [0.5, 0.6) is 0 Å². The number of carbonyl (C=O) groups excluding carboxylic acids is 1. The van der Waals surface area contributed by atoms with Gasteiger partial charge < -0.3 is 9.80 Å². The van der Waals surface area contributed by atoms with Gasteiger partial charge >= 0.3 is 0 Å². The molecule has 2 aliphatic heterocycles. The number of benzene rings is 1. The highest BCUT2D eigenvalue weighted by Crippen LogP contribution is 2.35. The number of aliphatic imine (C=N–C) groups is 1. The summed E-state index contributed by atoms with van der Waals surface area (Å²) in [5, 5.41) is 1.19. The highest BCUT2D eigenvalue weighted by atomic mass is 16.2. The molecular weight excluding hydrogens is 396 g/mol. The summed E-state index contributed by atoms with van der Waals surface area (Å²) in [5.74, 6) is 1.74. The van der Waals surface area contributed by atoms with Gasteiger partial charge in [0.05, 0.1) is 5.52 Å². The van der Waals surface area contributed by atoms with E-state index in [0.29, 0.717) is 36.1 Å². The summed E-state index contributed by atoms with van der Waals surface area (Å²) in [6, 6.07) is 9.14. The van der Waals surface area contributed by atoms with E-state index in [1.165, 1.54) is 10.9 Å². The lowest BCUT2D eigenvalue weighted by molar-refractivity contribution is -0.134. The van der Waals surface area contributed by atoms with Crippen molar-refractivity contribution in [2.24, 2.45) is 16.8 Å². The van der Waals surface area contributed by atoms with Crippen molar-refractivity contribution in [1.82, 2.24) is 14.8 Å². The van der Waals surface area contributed by atoms with E-state index < -0.39 is 0 Å². The fraction of sp³-hybridized carbons (Fsp3) is 0.593. The Hall–Kier alpha value is -2.27. The number of pyridine rings is 1. The predicted molar refractivity (Wildman–Crippen MR) is 132 cm³/mol. The smallest absolute Gasteiger partial charge is 0.222 e. The minimum atomic E-state index is 0.349. The number of aromatic nitrogens is 1. The van der Waals surface area contributed by atoms with E-state index in [1.807, 2.05) is 18.5 Å². The van der Waals surface area contributed by atoms with Crippen LogP contribution in [0, 0.1) is 11.8 Å². The van der Waals surface area contributed by atoms with Crippen molar-refractivity contribution in [1.29, 1.82) is 0 Å². The molecule has 1 amide bonds. The van der Waals surface area contributed by atoms with Gasteiger partial charge in [-0.15, -0.1) is 0 Å². The summed E-state index contributed by atoms with van der Waals surface area (Å²) < 4.78 is 0. The van der Waals surface area contributed by atoms with E-state index in [-0.39, 0.29) is 0 Å². The van der Waals surface area contributed by atoms with Crippen LogP contribution in [0.25, 0.3) is 10.9 Å². The molecule has 2 fully saturated rings. The van der Waals surface area contributed by atoms with Crippen LogP contribution in [0.4, 0.5) is 0 Å². The summed E-state index contributed by atoms with van der Waals surface area (Å²) in [6.07, 6.45) is 7.84. The van der Waals surface area contributed by atoms with Gasteiger partial charge in [-0.3, -0.25) is 14.8 Å². The maximum Gasteiger partial charge on any atom is 0.222 e. The van der Waals surface area contributed by atoms with Gasteiger partial charge in [-0.25, -0.2) is 0 Å². The highest BCUT2D eigenvalue weighted by molar-refractivity contribution is 5.99. The molecule has 2 atom stereocenters. The van der Waals surface area contributed by atoms with Crippen LogP contribution in [-0.2, 0) is 4.79 Å². The van der Waals surface area contributed by atoms with E-state index in [4.69, 9.17) is 0 Å². The first-order valence-electron chi connectivity index (χ1n) is 12.3. The third-order valence-electron chi connectivity index (χ3n) is 7.40. The van der Waals surface area contributed by atoms with Crippen molar-refractivity contribution in [2.45, 2.75) is 58.4 Å². The van der Waals surface area contributed by atoms with Gasteiger partial charge in [0.2, 0.25) is 5.91 Å². The standard InChI is InChI=1S/C27H38N4O/c1-19(2)30-12-9-21(10-13-30)15-26(32)31-17-20(3)14-23(18-31)24-8-7-22(16-28-4)27-25(24)6-5-11-29-27/h5-8,11,16,19-21,23H,9-10,12-15,17-18H2,1-4H3/b28-16-/t20-,23+/m1/s1. The van der Waals surface area contributed by atoms with E-state index in [1.54, 1.807) is 7.05 Å². The molecule has 4 rings (SSSR count). The van der Waals surface area contributed by atoms with Crippen molar-refractivity contribution in [3.05, 3.63) is 41.6 Å². The van der Waals surface area contributed by atoms with Gasteiger partial charge in [-0.05, 0) is 69.7 Å². The quantitative estimate of drug-likeness (QED) is 0.638. The molecule has 0 radical (unpaired) electrons. The maximum absolute atomic E-state index is 13.3. The molecule has 0 spiro atoms. The molecule has 32 heavy (non-hydrogen) atoms. The third kappa shape index (κ3) is 5.03. The lowest BCUT2D eigenvalue weighted by atomic mass is 9.82. The van der Waals surface area contributed by atoms with Gasteiger partial charge in [0.25, 0.3) is 0 Å². The van der Waals surface area contributed by atoms with Crippen molar-refractivity contribution in [2.75, 3.05) is 33.2 Å². The monoisotopic (exact) mass is 434 g/mol. The average molecular weight is 435 g/mol. The van der Waals surface area contributed by atoms with Gasteiger partial charge in [0, 0.05) is 61.9 Å². The van der Waals surface area contributed by atoms with Crippen LogP contribution in [0.2, 0.25) is 0 Å². The molecule has 1 aromatic heterocycles. The summed E-state index contributed by atoms with van der Waals surface area (Å²) in [6.45, 7) is 10.8. The molecule has 172 valence electrons. The fourth-order valence-electron chi connectivity index (χ4n) is 5.65. The molecule has 2 aliphatic rings. The Morgan fingerprint density at radius 3 is 2.72 bits per heavy atom. The Bertz CT molecular complexity index is 961. The molecule has 1 aromatic carbocycles. The zero-order chi connectivity index (χ0) is 22.7. The Kier molecular flexibility index (Phi) is 7.24. The first kappa shape index (κ1) is 22.9. The molecule has 5 heteroatoms. The fourth-order valence-corrected chi connectivity index (χ4v) is 5.65. The molecule has 0 saturated carbocycles. The highest BCUT2D eigenvalue weighted by Gasteiger charge is 2.31. The molecule has 0 aliphatic carbocycles. The van der Waals surface area contributed by atoms with Crippen molar-refractivity contribution >= 4 is 23.0 Å². The molecule has 5 nitrogen and oxygen atoms in total. The maximum atomic E-state index is 13.3. The van der Waals surface area contributed by atoms with Crippen LogP contribution in [-0.4, -0.2) is 66.2 Å². The molecule has 0 unspecified atom stereocenters. The summed E-state index contributed by atoms with van der Waals surface area (Å²) in [5.41, 5.74) is 3.37. The first-order chi connectivity index (χ1) is 15.5. The predicted octanol–water partition coefficient (Wildman–Crippen LogP) is 4.75. The van der Waals surface area contributed by atoms with Crippen LogP contribution < -0.4 is 0 Å². The number of carbonyl (C=O) groups is 1. The largest absolute Gasteiger partial charge is 0.342 e. The van der Waals surface area contributed by atoms with E-state index >= 15 is 0 Å². The molecule has 2 saturated heterocycles. The first-order valence-corrected chi connectivity index (χ1v) is 12.3. The Labute approximate surface area is 192 Å². The van der Waals surface area contributed by atoms with Crippen molar-refractivity contribution in [3.8, 4) is 0 Å². The van der Waals surface area contributed by atoms with Crippen LogP contribution in [0.3, 0.4) is 0 Å². The van der Waals surface area contributed by atoms with Crippen LogP contribution in [0.1, 0.15) is 63.5 Å². The Balaban J connectivity index is 1.48. The van der Waals surface area contributed by atoms with Gasteiger partial charge in [0.15, 0.2) is 0 Å². The van der Waals surface area contributed by atoms with E-state index in [9.17, 15) is 4.79 Å². The molecule has 0 bridgehead atoms. The second kappa shape index (κ2) is 10.1. The summed E-state index contributed by atoms with van der Waals surface area (Å²) >= 11 is 0. The Morgan fingerprint density at radius 2 is 2.00 bits per heavy atom. The zero-order valence-corrected chi connectivity index (χ0v) is 20.1. The zero-order valence-electron chi connectivity index (χ0n) is 20.1. The van der Waals surface area contributed by atoms with E-state index in [2.05, 4.69) is 58.7 Å². The van der Waals surface area contributed by atoms with Gasteiger partial charge in [0.1, 0.15) is 0 Å². The number of nitrogens with zero attached hydrogens (tertiary/aromatic N) is 4. The third-order valence-corrected chi connectivity index (χ3v) is 7.40. The number of likely N-dealkylation sites (tertiary alicyclic amines) is 2. The van der Waals surface area contributed by atoms with Crippen LogP contribution in [0.15, 0.2) is 35.5 Å². The van der Waals surface area contributed by atoms with E-state index in [0.717, 1.165) is 56.5 Å².